The molecule has 3 saturated heterocycles. The zero-order valence-corrected chi connectivity index (χ0v) is 15.2. The fourth-order valence-corrected chi connectivity index (χ4v) is 5.07. The molecular formula is C19H17F3N2O5. The smallest absolute Gasteiger partial charge is 0.396 e. The van der Waals surface area contributed by atoms with Crippen LogP contribution in [0.1, 0.15) is 30.9 Å². The normalized spacial score (nSPS) is 35.9. The number of hydrogen-bond donors (Lipinski definition) is 2. The Morgan fingerprint density at radius 2 is 1.97 bits per heavy atom. The van der Waals surface area contributed by atoms with E-state index in [1.165, 1.54) is 13.0 Å². The number of halogens is 3. The predicted octanol–water partition coefficient (Wildman–Crippen LogP) is 1.36. The second kappa shape index (κ2) is 6.01. The molecule has 1 aromatic carbocycles. The zero-order chi connectivity index (χ0) is 21.4. The molecule has 1 aromatic rings. The van der Waals surface area contributed by atoms with Gasteiger partial charge in [0.15, 0.2) is 0 Å². The third-order valence-electron chi connectivity index (χ3n) is 6.34. The molecule has 0 aromatic heterocycles. The van der Waals surface area contributed by atoms with Gasteiger partial charge in [-0.3, -0.25) is 9.59 Å². The average molecular weight is 410 g/mol. The quantitative estimate of drug-likeness (QED) is 0.728. The number of amides is 2. The van der Waals surface area contributed by atoms with Crippen LogP contribution in [-0.4, -0.2) is 45.9 Å². The highest BCUT2D eigenvalue weighted by atomic mass is 19.4. The summed E-state index contributed by atoms with van der Waals surface area (Å²) in [6.07, 6.45) is -5.85. The van der Waals surface area contributed by atoms with Gasteiger partial charge in [0.1, 0.15) is 5.60 Å². The summed E-state index contributed by atoms with van der Waals surface area (Å²) in [7, 11) is 0. The Morgan fingerprint density at radius 1 is 1.31 bits per heavy atom. The van der Waals surface area contributed by atoms with E-state index in [2.05, 4.69) is 0 Å². The molecular weight excluding hydrogens is 393 g/mol. The Kier molecular flexibility index (Phi) is 4.11. The number of carbonyl (C=O) groups is 2. The molecule has 3 aliphatic heterocycles. The molecule has 0 spiro atoms. The molecule has 2 N–H and O–H groups in total. The number of alkyl halides is 3. The highest BCUT2D eigenvalue weighted by Gasteiger charge is 2.76. The Labute approximate surface area is 163 Å². The summed E-state index contributed by atoms with van der Waals surface area (Å²) >= 11 is 0. The van der Waals surface area contributed by atoms with Crippen molar-refractivity contribution in [3.63, 3.8) is 0 Å². The van der Waals surface area contributed by atoms with E-state index >= 15 is 0 Å². The molecule has 2 unspecified atom stereocenters. The molecule has 0 radical (unpaired) electrons. The topological polar surface area (TPSA) is 111 Å². The lowest BCUT2D eigenvalue weighted by atomic mass is 9.66. The second-order valence-corrected chi connectivity index (χ2v) is 7.85. The summed E-state index contributed by atoms with van der Waals surface area (Å²) < 4.78 is 45.8. The lowest BCUT2D eigenvalue weighted by molar-refractivity contribution is -0.138. The van der Waals surface area contributed by atoms with Crippen molar-refractivity contribution in [3.8, 4) is 6.07 Å². The summed E-state index contributed by atoms with van der Waals surface area (Å²) in [5.74, 6) is -3.59. The van der Waals surface area contributed by atoms with E-state index in [0.29, 0.717) is 11.0 Å². The molecule has 154 valence electrons. The van der Waals surface area contributed by atoms with Crippen molar-refractivity contribution in [1.29, 1.82) is 5.26 Å². The molecule has 29 heavy (non-hydrogen) atoms. The number of aliphatic hydroxyl groups excluding tert-OH is 2. The van der Waals surface area contributed by atoms with Gasteiger partial charge in [-0.2, -0.15) is 18.4 Å². The maximum atomic E-state index is 13.3. The summed E-state index contributed by atoms with van der Waals surface area (Å²) in [5.41, 5.74) is -4.79. The Balaban J connectivity index is 1.81. The van der Waals surface area contributed by atoms with Gasteiger partial charge in [0.2, 0.25) is 11.8 Å². The third-order valence-corrected chi connectivity index (χ3v) is 6.34. The van der Waals surface area contributed by atoms with Gasteiger partial charge in [-0.05, 0) is 25.1 Å². The van der Waals surface area contributed by atoms with E-state index in [1.54, 1.807) is 0 Å². The van der Waals surface area contributed by atoms with E-state index in [4.69, 9.17) is 10.00 Å². The number of aliphatic hydroxyl groups is 2. The van der Waals surface area contributed by atoms with Gasteiger partial charge in [-0.25, -0.2) is 4.90 Å². The number of nitrogens with zero attached hydrogens (tertiary/aromatic N) is 2. The first-order valence-corrected chi connectivity index (χ1v) is 8.98. The van der Waals surface area contributed by atoms with E-state index < -0.39 is 58.3 Å². The van der Waals surface area contributed by atoms with Crippen molar-refractivity contribution in [2.24, 2.45) is 11.8 Å². The monoisotopic (exact) mass is 410 g/mol. The number of ether oxygens (including phenoxy) is 1. The number of nitriles is 1. The van der Waals surface area contributed by atoms with Crippen molar-refractivity contribution >= 4 is 17.5 Å². The van der Waals surface area contributed by atoms with Crippen LogP contribution in [0.2, 0.25) is 0 Å². The average Bonchev–Trinajstić information content (AvgIpc) is 3.16. The predicted molar refractivity (Wildman–Crippen MR) is 90.2 cm³/mol. The first-order valence-electron chi connectivity index (χ1n) is 8.98. The van der Waals surface area contributed by atoms with Crippen LogP contribution < -0.4 is 4.90 Å². The van der Waals surface area contributed by atoms with Crippen LogP contribution in [0, 0.1) is 23.2 Å². The number of anilines is 1. The van der Waals surface area contributed by atoms with E-state index in [-0.39, 0.29) is 25.1 Å². The van der Waals surface area contributed by atoms with Gasteiger partial charge < -0.3 is 14.9 Å². The SMILES string of the molecule is CC12OC(CCO)(C[C@@H]1O)[C@H]1C(=O)N(c3ccc(C#N)c(C(F)(F)F)c3)C(=O)[C@H]12. The highest BCUT2D eigenvalue weighted by molar-refractivity contribution is 6.23. The maximum Gasteiger partial charge on any atom is 0.417 e. The summed E-state index contributed by atoms with van der Waals surface area (Å²) in [4.78, 5) is 26.9. The Hall–Kier alpha value is -2.48. The number of benzene rings is 1. The first kappa shape index (κ1) is 19.8. The van der Waals surface area contributed by atoms with Gasteiger partial charge in [0.25, 0.3) is 0 Å². The van der Waals surface area contributed by atoms with E-state index in [9.17, 15) is 33.0 Å². The van der Waals surface area contributed by atoms with Crippen LogP contribution in [0.15, 0.2) is 18.2 Å². The van der Waals surface area contributed by atoms with E-state index in [1.807, 2.05) is 0 Å². The van der Waals surface area contributed by atoms with Crippen LogP contribution in [-0.2, 0) is 20.5 Å². The van der Waals surface area contributed by atoms with Gasteiger partial charge in [-0.1, -0.05) is 0 Å². The summed E-state index contributed by atoms with van der Waals surface area (Å²) in [6.45, 7) is 1.15. The minimum atomic E-state index is -4.84. The number of imide groups is 1. The molecule has 0 saturated carbocycles. The van der Waals surface area contributed by atoms with Gasteiger partial charge in [0.05, 0.1) is 46.4 Å². The first-order chi connectivity index (χ1) is 13.5. The van der Waals surface area contributed by atoms with Crippen molar-refractivity contribution in [2.45, 2.75) is 43.2 Å². The van der Waals surface area contributed by atoms with Gasteiger partial charge in [0, 0.05) is 19.4 Å². The highest BCUT2D eigenvalue weighted by Crippen LogP contribution is 2.62. The fraction of sp³-hybridized carbons (Fsp3) is 0.526. The lowest BCUT2D eigenvalue weighted by Crippen LogP contribution is -2.49. The van der Waals surface area contributed by atoms with Gasteiger partial charge >= 0.3 is 6.18 Å². The molecule has 0 aliphatic carbocycles. The van der Waals surface area contributed by atoms with Crippen LogP contribution in [0.25, 0.3) is 0 Å². The Bertz CT molecular complexity index is 958. The molecule has 3 aliphatic rings. The maximum absolute atomic E-state index is 13.3. The number of carbonyl (C=O) groups excluding carboxylic acids is 2. The van der Waals surface area contributed by atoms with Crippen molar-refractivity contribution in [2.75, 3.05) is 11.5 Å². The van der Waals surface area contributed by atoms with Crippen molar-refractivity contribution in [3.05, 3.63) is 29.3 Å². The minimum absolute atomic E-state index is 0.00878. The second-order valence-electron chi connectivity index (χ2n) is 7.85. The molecule has 4 rings (SSSR count). The number of fused-ring (bicyclic) bond motifs is 5. The molecule has 3 heterocycles. The lowest BCUT2D eigenvalue weighted by Gasteiger charge is -2.33. The standard InChI is InChI=1S/C19H17F3N2O5/c1-17-12(26)7-18(29-17,4-5-25)14-13(17)15(27)24(16(14)28)10-3-2-9(8-23)11(6-10)19(20,21)22/h2-3,6,12-14,25-26H,4-5,7H2,1H3/t12-,13-,14+,17?,18?/m0/s1. The molecule has 10 heteroatoms. The molecule has 2 amide bonds. The largest absolute Gasteiger partial charge is 0.417 e. The van der Waals surface area contributed by atoms with Crippen molar-refractivity contribution < 1.29 is 37.7 Å². The minimum Gasteiger partial charge on any atom is -0.396 e. The van der Waals surface area contributed by atoms with Crippen LogP contribution in [0.5, 0.6) is 0 Å². The van der Waals surface area contributed by atoms with E-state index in [0.717, 1.165) is 12.1 Å². The molecule has 2 bridgehead atoms. The third kappa shape index (κ3) is 2.48. The van der Waals surface area contributed by atoms with Crippen LogP contribution >= 0.6 is 0 Å². The fourth-order valence-electron chi connectivity index (χ4n) is 5.07. The summed E-state index contributed by atoms with van der Waals surface area (Å²) in [6, 6.07) is 4.09. The van der Waals surface area contributed by atoms with Crippen LogP contribution in [0.3, 0.4) is 0 Å². The number of hydrogen-bond acceptors (Lipinski definition) is 6. The van der Waals surface area contributed by atoms with Crippen molar-refractivity contribution in [1.82, 2.24) is 0 Å². The molecule has 5 atom stereocenters. The number of rotatable bonds is 3. The zero-order valence-electron chi connectivity index (χ0n) is 15.2. The Morgan fingerprint density at radius 3 is 2.55 bits per heavy atom. The summed E-state index contributed by atoms with van der Waals surface area (Å²) in [5, 5.41) is 28.8. The molecule has 3 fully saturated rings. The van der Waals surface area contributed by atoms with Gasteiger partial charge in [-0.15, -0.1) is 0 Å². The van der Waals surface area contributed by atoms with Crippen LogP contribution in [0.4, 0.5) is 18.9 Å². The molecule has 7 nitrogen and oxygen atoms in total.